The molecule has 0 aromatic carbocycles. The van der Waals surface area contributed by atoms with Crippen LogP contribution in [0.1, 0.15) is 42.3 Å². The summed E-state index contributed by atoms with van der Waals surface area (Å²) in [6, 6.07) is 0. The highest BCUT2D eigenvalue weighted by Gasteiger charge is 2.47. The molecule has 0 bridgehead atoms. The number of hydrogen-bond acceptors (Lipinski definition) is 4. The second-order valence-electron chi connectivity index (χ2n) is 4.08. The predicted octanol–water partition coefficient (Wildman–Crippen LogP) is 2.35. The first-order chi connectivity index (χ1) is 6.84. The van der Waals surface area contributed by atoms with Crippen LogP contribution < -0.4 is 0 Å². The fraction of sp³-hybridized carbons (Fsp3) is 0.600. The van der Waals surface area contributed by atoms with Crippen molar-refractivity contribution in [3.63, 3.8) is 0 Å². The molecule has 0 unspecified atom stereocenters. The molecule has 1 aromatic rings. The van der Waals surface area contributed by atoms with Crippen LogP contribution >= 0.6 is 11.3 Å². The van der Waals surface area contributed by atoms with Gasteiger partial charge in [0, 0.05) is 11.3 Å². The Morgan fingerprint density at radius 3 is 2.93 bits per heavy atom. The third kappa shape index (κ3) is 1.22. The van der Waals surface area contributed by atoms with Crippen molar-refractivity contribution in [2.45, 2.75) is 37.1 Å². The van der Waals surface area contributed by atoms with Gasteiger partial charge in [0.25, 0.3) is 0 Å². The molecule has 0 spiro atoms. The zero-order chi connectivity index (χ0) is 9.60. The summed E-state index contributed by atoms with van der Waals surface area (Å²) in [5.74, 6) is 0.699. The van der Waals surface area contributed by atoms with Crippen molar-refractivity contribution in [3.8, 4) is 0 Å². The SMILES string of the molecule is O=C=NC1(c2csc(C3CC3)n2)CC1. The molecule has 2 aliphatic carbocycles. The van der Waals surface area contributed by atoms with Crippen molar-refractivity contribution in [1.82, 2.24) is 4.98 Å². The summed E-state index contributed by atoms with van der Waals surface area (Å²) in [6.45, 7) is 0. The van der Waals surface area contributed by atoms with Crippen molar-refractivity contribution in [3.05, 3.63) is 16.1 Å². The van der Waals surface area contributed by atoms with Crippen molar-refractivity contribution in [2.24, 2.45) is 4.99 Å². The summed E-state index contributed by atoms with van der Waals surface area (Å²) in [4.78, 5) is 18.7. The van der Waals surface area contributed by atoms with Gasteiger partial charge in [-0.15, -0.1) is 11.3 Å². The van der Waals surface area contributed by atoms with Gasteiger partial charge in [0.1, 0.15) is 5.54 Å². The van der Waals surface area contributed by atoms with Crippen LogP contribution in [0.3, 0.4) is 0 Å². The number of aromatic nitrogens is 1. The second kappa shape index (κ2) is 2.75. The van der Waals surface area contributed by atoms with Crippen LogP contribution in [0, 0.1) is 0 Å². The lowest BCUT2D eigenvalue weighted by Gasteiger charge is -2.01. The Bertz CT molecular complexity index is 412. The molecule has 0 N–H and O–H groups in total. The van der Waals surface area contributed by atoms with E-state index in [0.29, 0.717) is 5.92 Å². The van der Waals surface area contributed by atoms with Crippen molar-refractivity contribution in [2.75, 3.05) is 0 Å². The lowest BCUT2D eigenvalue weighted by Crippen LogP contribution is -2.02. The molecule has 2 fully saturated rings. The van der Waals surface area contributed by atoms with E-state index < -0.39 is 0 Å². The molecule has 1 heterocycles. The summed E-state index contributed by atoms with van der Waals surface area (Å²) < 4.78 is 0. The fourth-order valence-electron chi connectivity index (χ4n) is 1.65. The average molecular weight is 206 g/mol. The topological polar surface area (TPSA) is 42.3 Å². The number of nitrogens with zero attached hydrogens (tertiary/aromatic N) is 2. The van der Waals surface area contributed by atoms with Crippen LogP contribution in [0.2, 0.25) is 0 Å². The molecule has 4 heteroatoms. The zero-order valence-electron chi connectivity index (χ0n) is 7.69. The van der Waals surface area contributed by atoms with Gasteiger partial charge in [-0.25, -0.2) is 9.78 Å². The highest BCUT2D eigenvalue weighted by Crippen LogP contribution is 2.51. The van der Waals surface area contributed by atoms with E-state index >= 15 is 0 Å². The second-order valence-corrected chi connectivity index (χ2v) is 4.97. The van der Waals surface area contributed by atoms with Crippen LogP contribution in [0.15, 0.2) is 10.4 Å². The maximum Gasteiger partial charge on any atom is 0.235 e. The van der Waals surface area contributed by atoms with Gasteiger partial charge < -0.3 is 0 Å². The van der Waals surface area contributed by atoms with Gasteiger partial charge in [0.2, 0.25) is 6.08 Å². The number of isocyanates is 1. The van der Waals surface area contributed by atoms with Crippen LogP contribution in [-0.2, 0) is 10.3 Å². The van der Waals surface area contributed by atoms with Crippen LogP contribution in [0.4, 0.5) is 0 Å². The first-order valence-corrected chi connectivity index (χ1v) is 5.77. The van der Waals surface area contributed by atoms with E-state index in [1.54, 1.807) is 17.4 Å². The lowest BCUT2D eigenvalue weighted by molar-refractivity contribution is 0.555. The molecular formula is C10H10N2OS. The van der Waals surface area contributed by atoms with Gasteiger partial charge >= 0.3 is 0 Å². The number of rotatable bonds is 3. The van der Waals surface area contributed by atoms with E-state index in [-0.39, 0.29) is 5.54 Å². The summed E-state index contributed by atoms with van der Waals surface area (Å²) in [5, 5.41) is 3.29. The van der Waals surface area contributed by atoms with Crippen molar-refractivity contribution < 1.29 is 4.79 Å². The molecule has 0 saturated heterocycles. The Kier molecular flexibility index (Phi) is 1.64. The molecule has 0 amide bonds. The minimum atomic E-state index is -0.272. The van der Waals surface area contributed by atoms with Gasteiger partial charge in [-0.1, -0.05) is 0 Å². The number of carbonyl (C=O) groups excluding carboxylic acids is 1. The van der Waals surface area contributed by atoms with Crippen LogP contribution in [0.5, 0.6) is 0 Å². The largest absolute Gasteiger partial charge is 0.243 e. The zero-order valence-corrected chi connectivity index (χ0v) is 8.51. The molecule has 2 saturated carbocycles. The Morgan fingerprint density at radius 2 is 2.36 bits per heavy atom. The Morgan fingerprint density at radius 1 is 1.57 bits per heavy atom. The molecule has 0 aliphatic heterocycles. The van der Waals surface area contributed by atoms with Crippen molar-refractivity contribution >= 4 is 17.4 Å². The number of thiazole rings is 1. The minimum absolute atomic E-state index is 0.272. The van der Waals surface area contributed by atoms with E-state index in [2.05, 4.69) is 15.4 Å². The smallest absolute Gasteiger partial charge is 0.235 e. The van der Waals surface area contributed by atoms with Gasteiger partial charge in [0.05, 0.1) is 10.7 Å². The van der Waals surface area contributed by atoms with Crippen LogP contribution in [-0.4, -0.2) is 11.1 Å². The minimum Gasteiger partial charge on any atom is -0.243 e. The van der Waals surface area contributed by atoms with Gasteiger partial charge in [-0.05, 0) is 25.7 Å². The molecule has 3 rings (SSSR count). The normalized spacial score (nSPS) is 22.9. The molecular weight excluding hydrogens is 196 g/mol. The lowest BCUT2D eigenvalue weighted by atomic mass is 10.2. The molecule has 14 heavy (non-hydrogen) atoms. The third-order valence-corrected chi connectivity index (χ3v) is 3.92. The highest BCUT2D eigenvalue weighted by atomic mass is 32.1. The molecule has 2 aliphatic rings. The predicted molar refractivity (Wildman–Crippen MR) is 53.1 cm³/mol. The van der Waals surface area contributed by atoms with E-state index in [4.69, 9.17) is 0 Å². The Balaban J connectivity index is 1.92. The molecule has 0 atom stereocenters. The van der Waals surface area contributed by atoms with E-state index in [1.165, 1.54) is 17.8 Å². The fourth-order valence-corrected chi connectivity index (χ4v) is 2.73. The molecule has 1 aromatic heterocycles. The highest BCUT2D eigenvalue weighted by molar-refractivity contribution is 7.09. The van der Waals surface area contributed by atoms with Crippen LogP contribution in [0.25, 0.3) is 0 Å². The standard InChI is InChI=1S/C10H10N2OS/c13-6-11-10(3-4-10)8-5-14-9(12-8)7-1-2-7/h5,7H,1-4H2. The first kappa shape index (κ1) is 8.33. The van der Waals surface area contributed by atoms with Gasteiger partial charge in [0.15, 0.2) is 0 Å². The summed E-state index contributed by atoms with van der Waals surface area (Å²) in [6.07, 6.45) is 6.12. The first-order valence-electron chi connectivity index (χ1n) is 4.89. The van der Waals surface area contributed by atoms with Crippen molar-refractivity contribution in [1.29, 1.82) is 0 Å². The summed E-state index contributed by atoms with van der Waals surface area (Å²) in [5.41, 5.74) is 0.721. The Hall–Kier alpha value is -0.990. The van der Waals surface area contributed by atoms with E-state index in [1.807, 2.05) is 0 Å². The maximum absolute atomic E-state index is 10.3. The van der Waals surface area contributed by atoms with Gasteiger partial charge in [-0.3, -0.25) is 0 Å². The average Bonchev–Trinajstić information content (AvgIpc) is 3.10. The summed E-state index contributed by atoms with van der Waals surface area (Å²) >= 11 is 1.71. The maximum atomic E-state index is 10.3. The third-order valence-electron chi connectivity index (χ3n) is 2.91. The molecule has 72 valence electrons. The number of aliphatic imine (C=N–C) groups is 1. The van der Waals surface area contributed by atoms with E-state index in [9.17, 15) is 4.79 Å². The Labute approximate surface area is 85.9 Å². The molecule has 3 nitrogen and oxygen atoms in total. The molecule has 0 radical (unpaired) electrons. The van der Waals surface area contributed by atoms with E-state index in [0.717, 1.165) is 18.5 Å². The monoisotopic (exact) mass is 206 g/mol. The van der Waals surface area contributed by atoms with Gasteiger partial charge in [-0.2, -0.15) is 4.99 Å². The quantitative estimate of drug-likeness (QED) is 0.562. The number of hydrogen-bond donors (Lipinski definition) is 0. The summed E-state index contributed by atoms with van der Waals surface area (Å²) in [7, 11) is 0.